The summed E-state index contributed by atoms with van der Waals surface area (Å²) < 4.78 is 14.4. The van der Waals surface area contributed by atoms with E-state index in [1.165, 1.54) is 0 Å². The van der Waals surface area contributed by atoms with Gasteiger partial charge >= 0.3 is 0 Å². The van der Waals surface area contributed by atoms with Crippen molar-refractivity contribution in [1.82, 2.24) is 9.55 Å². The average Bonchev–Trinajstić information content (AvgIpc) is 2.73. The van der Waals surface area contributed by atoms with Crippen LogP contribution in [0.3, 0.4) is 0 Å². The Morgan fingerprint density at radius 1 is 1.53 bits per heavy atom. The Balaban J connectivity index is 2.44. The van der Waals surface area contributed by atoms with E-state index in [9.17, 15) is 4.21 Å². The van der Waals surface area contributed by atoms with Gasteiger partial charge in [0, 0.05) is 33.3 Å². The van der Waals surface area contributed by atoms with Crippen LogP contribution in [0.25, 0.3) is 11.0 Å². The first-order valence-electron chi connectivity index (χ1n) is 6.05. The second-order valence-electron chi connectivity index (χ2n) is 4.58. The number of imidazole rings is 1. The number of aromatic nitrogens is 2. The summed E-state index contributed by atoms with van der Waals surface area (Å²) in [5, 5.41) is 0. The normalized spacial score (nSPS) is 14.7. The number of rotatable bonds is 5. The Bertz CT molecular complexity index is 614. The van der Waals surface area contributed by atoms with Crippen molar-refractivity contribution in [3.63, 3.8) is 0 Å². The molecule has 0 radical (unpaired) electrons. The number of halogens is 2. The first kappa shape index (κ1) is 15.0. The molecule has 0 spiro atoms. The lowest BCUT2D eigenvalue weighted by molar-refractivity contribution is 0.531. The number of nitrogens with zero attached hydrogens (tertiary/aromatic N) is 2. The maximum atomic E-state index is 11.2. The smallest absolute Gasteiger partial charge is 0.125 e. The highest BCUT2D eigenvalue weighted by Gasteiger charge is 2.15. The quantitative estimate of drug-likeness (QED) is 0.756. The molecule has 0 bridgehead atoms. The maximum absolute atomic E-state index is 11.2. The zero-order valence-corrected chi connectivity index (χ0v) is 14.1. The van der Waals surface area contributed by atoms with Crippen LogP contribution in [0.1, 0.15) is 25.2 Å². The molecule has 1 aromatic heterocycles. The van der Waals surface area contributed by atoms with Gasteiger partial charge in [0.25, 0.3) is 0 Å². The van der Waals surface area contributed by atoms with E-state index in [2.05, 4.69) is 38.5 Å². The summed E-state index contributed by atoms with van der Waals surface area (Å²) in [4.78, 5) is 4.55. The third-order valence-electron chi connectivity index (χ3n) is 3.11. The topological polar surface area (TPSA) is 34.9 Å². The van der Waals surface area contributed by atoms with Gasteiger partial charge in [-0.05, 0) is 31.5 Å². The van der Waals surface area contributed by atoms with Crippen molar-refractivity contribution in [2.24, 2.45) is 0 Å². The molecule has 2 atom stereocenters. The van der Waals surface area contributed by atoms with E-state index < -0.39 is 10.8 Å². The third kappa shape index (κ3) is 3.38. The van der Waals surface area contributed by atoms with Crippen LogP contribution in [0, 0.1) is 0 Å². The summed E-state index contributed by atoms with van der Waals surface area (Å²) >= 11 is 9.48. The molecule has 0 amide bonds. The first-order chi connectivity index (χ1) is 9.02. The minimum Gasteiger partial charge on any atom is -0.324 e. The predicted octanol–water partition coefficient (Wildman–Crippen LogP) is 3.87. The standard InChI is InChI=1S/C13H16BrClN2OS/c1-9(5-6-19(2)18)17-12-7-10(14)3-4-11(12)16-13(17)8-15/h3-4,7,9H,5-6,8H2,1-2H3. The number of alkyl halides is 1. The van der Waals surface area contributed by atoms with E-state index in [1.807, 2.05) is 12.1 Å². The van der Waals surface area contributed by atoms with Crippen LogP contribution in [0.5, 0.6) is 0 Å². The first-order valence-corrected chi connectivity index (χ1v) is 9.10. The largest absolute Gasteiger partial charge is 0.324 e. The van der Waals surface area contributed by atoms with Gasteiger partial charge in [0.15, 0.2) is 0 Å². The fraction of sp³-hybridized carbons (Fsp3) is 0.462. The maximum Gasteiger partial charge on any atom is 0.125 e. The monoisotopic (exact) mass is 362 g/mol. The van der Waals surface area contributed by atoms with Crippen LogP contribution in [0.4, 0.5) is 0 Å². The van der Waals surface area contributed by atoms with Gasteiger partial charge in [-0.15, -0.1) is 11.6 Å². The van der Waals surface area contributed by atoms with Gasteiger partial charge < -0.3 is 4.57 Å². The van der Waals surface area contributed by atoms with Gasteiger partial charge in [-0.2, -0.15) is 0 Å². The third-order valence-corrected chi connectivity index (χ3v) is 4.65. The lowest BCUT2D eigenvalue weighted by Crippen LogP contribution is -2.11. The van der Waals surface area contributed by atoms with Crippen LogP contribution in [-0.2, 0) is 16.7 Å². The van der Waals surface area contributed by atoms with Crippen LogP contribution in [0.15, 0.2) is 22.7 Å². The molecule has 2 aromatic rings. The van der Waals surface area contributed by atoms with Crippen LogP contribution in [-0.4, -0.2) is 25.8 Å². The molecule has 3 nitrogen and oxygen atoms in total. The molecule has 6 heteroatoms. The molecule has 2 rings (SSSR count). The summed E-state index contributed by atoms with van der Waals surface area (Å²) in [6, 6.07) is 6.25. The van der Waals surface area contributed by atoms with Crippen LogP contribution < -0.4 is 0 Å². The second-order valence-corrected chi connectivity index (χ2v) is 7.32. The zero-order valence-electron chi connectivity index (χ0n) is 10.9. The lowest BCUT2D eigenvalue weighted by Gasteiger charge is -2.16. The molecule has 0 N–H and O–H groups in total. The number of fused-ring (bicyclic) bond motifs is 1. The summed E-state index contributed by atoms with van der Waals surface area (Å²) in [6.45, 7) is 2.12. The molecule has 1 aromatic carbocycles. The van der Waals surface area contributed by atoms with E-state index >= 15 is 0 Å². The van der Waals surface area contributed by atoms with Crippen molar-refractivity contribution >= 4 is 49.4 Å². The van der Waals surface area contributed by atoms with Crippen molar-refractivity contribution < 1.29 is 4.21 Å². The molecule has 0 fully saturated rings. The highest BCUT2D eigenvalue weighted by atomic mass is 79.9. The van der Waals surface area contributed by atoms with E-state index in [-0.39, 0.29) is 6.04 Å². The van der Waals surface area contributed by atoms with E-state index in [0.29, 0.717) is 11.6 Å². The molecule has 1 heterocycles. The molecular weight excluding hydrogens is 348 g/mol. The molecule has 19 heavy (non-hydrogen) atoms. The summed E-state index contributed by atoms with van der Waals surface area (Å²) in [6.07, 6.45) is 2.59. The lowest BCUT2D eigenvalue weighted by atomic mass is 10.2. The van der Waals surface area contributed by atoms with Gasteiger partial charge in [0.2, 0.25) is 0 Å². The number of hydrogen-bond donors (Lipinski definition) is 0. The van der Waals surface area contributed by atoms with Crippen LogP contribution >= 0.6 is 27.5 Å². The highest BCUT2D eigenvalue weighted by molar-refractivity contribution is 9.10. The van der Waals surface area contributed by atoms with Crippen LogP contribution in [0.2, 0.25) is 0 Å². The fourth-order valence-electron chi connectivity index (χ4n) is 2.17. The molecule has 0 aliphatic rings. The van der Waals surface area contributed by atoms with Gasteiger partial charge in [-0.25, -0.2) is 4.98 Å². The highest BCUT2D eigenvalue weighted by Crippen LogP contribution is 2.26. The van der Waals surface area contributed by atoms with Crippen molar-refractivity contribution in [2.45, 2.75) is 25.3 Å². The van der Waals surface area contributed by atoms with Crippen molar-refractivity contribution in [2.75, 3.05) is 12.0 Å². The van der Waals surface area contributed by atoms with Gasteiger partial charge in [-0.3, -0.25) is 4.21 Å². The predicted molar refractivity (Wildman–Crippen MR) is 85.3 cm³/mol. The molecule has 104 valence electrons. The molecule has 2 unspecified atom stereocenters. The minimum atomic E-state index is -0.770. The van der Waals surface area contributed by atoms with Gasteiger partial charge in [0.05, 0.1) is 16.9 Å². The Morgan fingerprint density at radius 3 is 2.89 bits per heavy atom. The number of benzene rings is 1. The average molecular weight is 364 g/mol. The zero-order chi connectivity index (χ0) is 14.0. The van der Waals surface area contributed by atoms with E-state index in [1.54, 1.807) is 6.26 Å². The van der Waals surface area contributed by atoms with Crippen molar-refractivity contribution in [1.29, 1.82) is 0 Å². The molecular formula is C13H16BrClN2OS. The molecule has 0 saturated heterocycles. The van der Waals surface area contributed by atoms with E-state index in [0.717, 1.165) is 27.8 Å². The minimum absolute atomic E-state index is 0.233. The van der Waals surface area contributed by atoms with Crippen molar-refractivity contribution in [3.05, 3.63) is 28.5 Å². The SMILES string of the molecule is CC(CCS(C)=O)n1c(CCl)nc2ccc(Br)cc21. The Kier molecular flexibility index (Phi) is 5.03. The Hall–Kier alpha value is -0.390. The summed E-state index contributed by atoms with van der Waals surface area (Å²) in [5.41, 5.74) is 2.02. The summed E-state index contributed by atoms with van der Waals surface area (Å²) in [7, 11) is -0.770. The summed E-state index contributed by atoms with van der Waals surface area (Å²) in [5.74, 6) is 1.94. The van der Waals surface area contributed by atoms with Crippen molar-refractivity contribution in [3.8, 4) is 0 Å². The second kappa shape index (κ2) is 6.37. The molecule has 0 saturated carbocycles. The van der Waals surface area contributed by atoms with Gasteiger partial charge in [-0.1, -0.05) is 15.9 Å². The Labute approximate surface area is 128 Å². The number of hydrogen-bond acceptors (Lipinski definition) is 2. The molecule has 0 aliphatic carbocycles. The molecule has 0 aliphatic heterocycles. The van der Waals surface area contributed by atoms with Gasteiger partial charge in [0.1, 0.15) is 5.82 Å². The fourth-order valence-corrected chi connectivity index (χ4v) is 3.38. The van der Waals surface area contributed by atoms with E-state index in [4.69, 9.17) is 11.6 Å². The Morgan fingerprint density at radius 2 is 2.26 bits per heavy atom.